The van der Waals surface area contributed by atoms with Crippen LogP contribution in [0.15, 0.2) is 18.2 Å². The third-order valence-corrected chi connectivity index (χ3v) is 3.39. The number of likely N-dealkylation sites (tertiary alicyclic amines) is 1. The summed E-state index contributed by atoms with van der Waals surface area (Å²) < 4.78 is 19.3. The van der Waals surface area contributed by atoms with Gasteiger partial charge in [-0.1, -0.05) is 13.8 Å². The predicted octanol–water partition coefficient (Wildman–Crippen LogP) is 3.14. The summed E-state index contributed by atoms with van der Waals surface area (Å²) >= 11 is 0. The number of ketones is 1. The second-order valence-electron chi connectivity index (χ2n) is 5.75. The Morgan fingerprint density at radius 3 is 2.70 bits per heavy atom. The first kappa shape index (κ1) is 15.0. The first-order valence-corrected chi connectivity index (χ1v) is 7.24. The quantitative estimate of drug-likeness (QED) is 0.749. The van der Waals surface area contributed by atoms with Crippen LogP contribution in [0.3, 0.4) is 0 Å². The Hall–Kier alpha value is -1.42. The van der Waals surface area contributed by atoms with E-state index < -0.39 is 5.82 Å². The standard InChI is InChI=1S/C16H22FNO2/c1-12(2)11-20-13-5-6-15(17)14(9-13)16(19)10-18-7-3-4-8-18/h5-6,9,12H,3-4,7-8,10-11H2,1-2H3. The van der Waals surface area contributed by atoms with E-state index in [1.165, 1.54) is 12.1 Å². The van der Waals surface area contributed by atoms with E-state index in [9.17, 15) is 9.18 Å². The molecular formula is C16H22FNO2. The van der Waals surface area contributed by atoms with Crippen LogP contribution in [0, 0.1) is 11.7 Å². The maximum Gasteiger partial charge on any atom is 0.179 e. The molecule has 3 nitrogen and oxygen atoms in total. The van der Waals surface area contributed by atoms with Crippen molar-refractivity contribution in [3.8, 4) is 5.75 Å². The van der Waals surface area contributed by atoms with Crippen molar-refractivity contribution in [2.45, 2.75) is 26.7 Å². The zero-order valence-electron chi connectivity index (χ0n) is 12.2. The average molecular weight is 279 g/mol. The predicted molar refractivity (Wildman–Crippen MR) is 76.7 cm³/mol. The monoisotopic (exact) mass is 279 g/mol. The molecule has 1 aromatic rings. The van der Waals surface area contributed by atoms with E-state index in [1.54, 1.807) is 6.07 Å². The Morgan fingerprint density at radius 2 is 2.05 bits per heavy atom. The number of ether oxygens (including phenoxy) is 1. The van der Waals surface area contributed by atoms with Gasteiger partial charge < -0.3 is 4.74 Å². The van der Waals surface area contributed by atoms with Crippen molar-refractivity contribution in [2.24, 2.45) is 5.92 Å². The van der Waals surface area contributed by atoms with Gasteiger partial charge in [0, 0.05) is 0 Å². The second-order valence-corrected chi connectivity index (χ2v) is 5.75. The molecule has 0 unspecified atom stereocenters. The molecule has 0 amide bonds. The van der Waals surface area contributed by atoms with Gasteiger partial charge in [-0.15, -0.1) is 0 Å². The normalized spacial score (nSPS) is 15.8. The molecule has 110 valence electrons. The highest BCUT2D eigenvalue weighted by atomic mass is 19.1. The summed E-state index contributed by atoms with van der Waals surface area (Å²) in [7, 11) is 0. The fourth-order valence-corrected chi connectivity index (χ4v) is 2.30. The number of carbonyl (C=O) groups is 1. The number of hydrogen-bond acceptors (Lipinski definition) is 3. The summed E-state index contributed by atoms with van der Waals surface area (Å²) in [6.07, 6.45) is 2.24. The van der Waals surface area contributed by atoms with Crippen molar-refractivity contribution in [3.63, 3.8) is 0 Å². The van der Waals surface area contributed by atoms with Gasteiger partial charge in [0.2, 0.25) is 0 Å². The number of Topliss-reactive ketones (excluding diaryl/α,β-unsaturated/α-hetero) is 1. The molecule has 0 radical (unpaired) electrons. The molecule has 0 spiro atoms. The van der Waals surface area contributed by atoms with Gasteiger partial charge in [0.05, 0.1) is 18.7 Å². The Labute approximate surface area is 119 Å². The number of benzene rings is 1. The lowest BCUT2D eigenvalue weighted by atomic mass is 10.1. The van der Waals surface area contributed by atoms with Crippen molar-refractivity contribution >= 4 is 5.78 Å². The summed E-state index contributed by atoms with van der Waals surface area (Å²) in [4.78, 5) is 14.2. The second kappa shape index (κ2) is 6.84. The van der Waals surface area contributed by atoms with E-state index in [-0.39, 0.29) is 11.3 Å². The smallest absolute Gasteiger partial charge is 0.179 e. The number of rotatable bonds is 6. The molecule has 20 heavy (non-hydrogen) atoms. The highest BCUT2D eigenvalue weighted by Gasteiger charge is 2.19. The maximum absolute atomic E-state index is 13.8. The van der Waals surface area contributed by atoms with Crippen molar-refractivity contribution in [3.05, 3.63) is 29.6 Å². The Morgan fingerprint density at radius 1 is 1.35 bits per heavy atom. The fraction of sp³-hybridized carbons (Fsp3) is 0.562. The molecular weight excluding hydrogens is 257 g/mol. The largest absolute Gasteiger partial charge is 0.493 e. The van der Waals surface area contributed by atoms with Gasteiger partial charge in [-0.25, -0.2) is 4.39 Å². The molecule has 1 saturated heterocycles. The van der Waals surface area contributed by atoms with Gasteiger partial charge in [-0.3, -0.25) is 9.69 Å². The lowest BCUT2D eigenvalue weighted by Gasteiger charge is -2.14. The van der Waals surface area contributed by atoms with Crippen LogP contribution in [-0.4, -0.2) is 36.9 Å². The third kappa shape index (κ3) is 4.04. The third-order valence-electron chi connectivity index (χ3n) is 3.39. The maximum atomic E-state index is 13.8. The fourth-order valence-electron chi connectivity index (χ4n) is 2.30. The number of nitrogens with zero attached hydrogens (tertiary/aromatic N) is 1. The SMILES string of the molecule is CC(C)COc1ccc(F)c(C(=O)CN2CCCC2)c1. The molecule has 0 bridgehead atoms. The minimum atomic E-state index is -0.467. The van der Waals surface area contributed by atoms with E-state index in [0.717, 1.165) is 25.9 Å². The van der Waals surface area contributed by atoms with Crippen molar-refractivity contribution in [2.75, 3.05) is 26.2 Å². The molecule has 1 aromatic carbocycles. The van der Waals surface area contributed by atoms with Crippen LogP contribution in [0.4, 0.5) is 4.39 Å². The highest BCUT2D eigenvalue weighted by molar-refractivity contribution is 5.98. The molecule has 1 fully saturated rings. The van der Waals surface area contributed by atoms with E-state index in [2.05, 4.69) is 4.90 Å². The Bertz CT molecular complexity index is 468. The molecule has 0 aliphatic carbocycles. The summed E-state index contributed by atoms with van der Waals surface area (Å²) in [6, 6.07) is 4.41. The average Bonchev–Trinajstić information content (AvgIpc) is 2.90. The number of halogens is 1. The van der Waals surface area contributed by atoms with Gasteiger partial charge >= 0.3 is 0 Å². The topological polar surface area (TPSA) is 29.5 Å². The van der Waals surface area contributed by atoms with Crippen molar-refractivity contribution < 1.29 is 13.9 Å². The van der Waals surface area contributed by atoms with Crippen LogP contribution < -0.4 is 4.74 Å². The Kier molecular flexibility index (Phi) is 5.12. The van der Waals surface area contributed by atoms with Crippen LogP contribution in [0.1, 0.15) is 37.0 Å². The van der Waals surface area contributed by atoms with Gasteiger partial charge in [0.25, 0.3) is 0 Å². The minimum Gasteiger partial charge on any atom is -0.493 e. The molecule has 0 atom stereocenters. The molecule has 0 saturated carbocycles. The van der Waals surface area contributed by atoms with Gasteiger partial charge in [0.15, 0.2) is 5.78 Å². The number of carbonyl (C=O) groups excluding carboxylic acids is 1. The molecule has 1 heterocycles. The van der Waals surface area contributed by atoms with Crippen LogP contribution >= 0.6 is 0 Å². The molecule has 1 aliphatic heterocycles. The van der Waals surface area contributed by atoms with Crippen molar-refractivity contribution in [1.82, 2.24) is 4.90 Å². The molecule has 0 N–H and O–H groups in total. The first-order chi connectivity index (χ1) is 9.56. The van der Waals surface area contributed by atoms with Crippen LogP contribution in [0.25, 0.3) is 0 Å². The molecule has 1 aliphatic rings. The Balaban J connectivity index is 2.04. The zero-order chi connectivity index (χ0) is 14.5. The highest BCUT2D eigenvalue weighted by Crippen LogP contribution is 2.19. The van der Waals surface area contributed by atoms with Gasteiger partial charge in [-0.2, -0.15) is 0 Å². The summed E-state index contributed by atoms with van der Waals surface area (Å²) in [5, 5.41) is 0. The van der Waals surface area contributed by atoms with Crippen molar-refractivity contribution in [1.29, 1.82) is 0 Å². The minimum absolute atomic E-state index is 0.137. The van der Waals surface area contributed by atoms with Crippen LogP contribution in [-0.2, 0) is 0 Å². The number of hydrogen-bond donors (Lipinski definition) is 0. The van der Waals surface area contributed by atoms with Crippen LogP contribution in [0.2, 0.25) is 0 Å². The van der Waals surface area contributed by atoms with Gasteiger partial charge in [-0.05, 0) is 50.0 Å². The lowest BCUT2D eigenvalue weighted by molar-refractivity contribution is 0.0940. The molecule has 2 rings (SSSR count). The lowest BCUT2D eigenvalue weighted by Crippen LogP contribution is -2.27. The summed E-state index contributed by atoms with van der Waals surface area (Å²) in [5.41, 5.74) is 0.137. The first-order valence-electron chi connectivity index (χ1n) is 7.24. The summed E-state index contributed by atoms with van der Waals surface area (Å²) in [6.45, 7) is 6.80. The van der Waals surface area contributed by atoms with Gasteiger partial charge in [0.1, 0.15) is 11.6 Å². The molecule has 4 heteroatoms. The van der Waals surface area contributed by atoms with E-state index in [0.29, 0.717) is 24.8 Å². The molecule has 0 aromatic heterocycles. The zero-order valence-corrected chi connectivity index (χ0v) is 12.2. The van der Waals surface area contributed by atoms with E-state index in [4.69, 9.17) is 4.74 Å². The van der Waals surface area contributed by atoms with E-state index >= 15 is 0 Å². The summed E-state index contributed by atoms with van der Waals surface area (Å²) in [5.74, 6) is 0.319. The van der Waals surface area contributed by atoms with E-state index in [1.807, 2.05) is 13.8 Å². The van der Waals surface area contributed by atoms with Crippen LogP contribution in [0.5, 0.6) is 5.75 Å².